The summed E-state index contributed by atoms with van der Waals surface area (Å²) in [6.45, 7) is 3.30. The fourth-order valence-corrected chi connectivity index (χ4v) is 3.18. The molecule has 0 bridgehead atoms. The van der Waals surface area contributed by atoms with E-state index >= 15 is 0 Å². The first-order valence-corrected chi connectivity index (χ1v) is 8.20. The predicted molar refractivity (Wildman–Crippen MR) is 88.8 cm³/mol. The Kier molecular flexibility index (Phi) is 4.76. The smallest absolute Gasteiger partial charge is 0.223 e. The molecular formula is C18H23N3O2. The van der Waals surface area contributed by atoms with Crippen LogP contribution in [0.1, 0.15) is 30.8 Å². The SMILES string of the molecule is Cc1nc(CCC(=O)N2CCC[C@@H]2CN)oc1-c1ccccc1. The van der Waals surface area contributed by atoms with Gasteiger partial charge >= 0.3 is 0 Å². The van der Waals surface area contributed by atoms with Crippen LogP contribution < -0.4 is 5.73 Å². The summed E-state index contributed by atoms with van der Waals surface area (Å²) in [4.78, 5) is 18.7. The number of benzene rings is 1. The van der Waals surface area contributed by atoms with Crippen molar-refractivity contribution in [3.63, 3.8) is 0 Å². The molecule has 1 aliphatic heterocycles. The molecule has 1 aromatic heterocycles. The maximum absolute atomic E-state index is 12.4. The summed E-state index contributed by atoms with van der Waals surface area (Å²) >= 11 is 0. The Morgan fingerprint density at radius 1 is 1.39 bits per heavy atom. The number of aromatic nitrogens is 1. The van der Waals surface area contributed by atoms with Crippen LogP contribution in [0.25, 0.3) is 11.3 Å². The van der Waals surface area contributed by atoms with Gasteiger partial charge in [0.15, 0.2) is 11.7 Å². The lowest BCUT2D eigenvalue weighted by atomic mass is 10.1. The van der Waals surface area contributed by atoms with Gasteiger partial charge < -0.3 is 15.1 Å². The average Bonchev–Trinajstić information content (AvgIpc) is 3.19. The molecule has 1 aliphatic rings. The number of carbonyl (C=O) groups is 1. The van der Waals surface area contributed by atoms with Gasteiger partial charge in [0, 0.05) is 37.5 Å². The first-order chi connectivity index (χ1) is 11.2. The zero-order valence-electron chi connectivity index (χ0n) is 13.5. The van der Waals surface area contributed by atoms with Crippen LogP contribution in [0, 0.1) is 6.92 Å². The van der Waals surface area contributed by atoms with Gasteiger partial charge in [-0.2, -0.15) is 0 Å². The van der Waals surface area contributed by atoms with Gasteiger partial charge in [-0.1, -0.05) is 30.3 Å². The predicted octanol–water partition coefficient (Wildman–Crippen LogP) is 2.53. The van der Waals surface area contributed by atoms with Crippen molar-refractivity contribution in [3.8, 4) is 11.3 Å². The molecule has 0 aliphatic carbocycles. The van der Waals surface area contributed by atoms with Crippen LogP contribution in [-0.2, 0) is 11.2 Å². The van der Waals surface area contributed by atoms with E-state index in [2.05, 4.69) is 4.98 Å². The number of hydrogen-bond donors (Lipinski definition) is 1. The molecule has 1 atom stereocenters. The van der Waals surface area contributed by atoms with Crippen molar-refractivity contribution in [1.82, 2.24) is 9.88 Å². The minimum Gasteiger partial charge on any atom is -0.440 e. The maximum Gasteiger partial charge on any atom is 0.223 e. The lowest BCUT2D eigenvalue weighted by Gasteiger charge is -2.23. The number of likely N-dealkylation sites (tertiary alicyclic amines) is 1. The number of nitrogens with zero attached hydrogens (tertiary/aromatic N) is 2. The van der Waals surface area contributed by atoms with Gasteiger partial charge in [-0.15, -0.1) is 0 Å². The van der Waals surface area contributed by atoms with E-state index in [0.29, 0.717) is 25.3 Å². The quantitative estimate of drug-likeness (QED) is 0.920. The standard InChI is InChI=1S/C18H23N3O2/c1-13-18(14-6-3-2-4-7-14)23-16(20-13)9-10-17(22)21-11-5-8-15(21)12-19/h2-4,6-7,15H,5,8-12,19H2,1H3/t15-/m1/s1. The normalized spacial score (nSPS) is 17.7. The average molecular weight is 313 g/mol. The summed E-state index contributed by atoms with van der Waals surface area (Å²) in [5, 5.41) is 0. The van der Waals surface area contributed by atoms with Crippen molar-refractivity contribution in [2.75, 3.05) is 13.1 Å². The molecule has 2 N–H and O–H groups in total. The van der Waals surface area contributed by atoms with Crippen LogP contribution >= 0.6 is 0 Å². The maximum atomic E-state index is 12.4. The Bertz CT molecular complexity index is 666. The Hall–Kier alpha value is -2.14. The zero-order chi connectivity index (χ0) is 16.2. The van der Waals surface area contributed by atoms with Gasteiger partial charge in [0.2, 0.25) is 5.91 Å². The number of amides is 1. The molecule has 1 fully saturated rings. The summed E-state index contributed by atoms with van der Waals surface area (Å²) in [6.07, 6.45) is 3.01. The molecule has 0 radical (unpaired) electrons. The highest BCUT2D eigenvalue weighted by molar-refractivity contribution is 5.77. The summed E-state index contributed by atoms with van der Waals surface area (Å²) in [6, 6.07) is 10.1. The van der Waals surface area contributed by atoms with Crippen molar-refractivity contribution in [3.05, 3.63) is 41.9 Å². The van der Waals surface area contributed by atoms with Crippen LogP contribution in [-0.4, -0.2) is 34.9 Å². The van der Waals surface area contributed by atoms with Crippen LogP contribution in [0.3, 0.4) is 0 Å². The summed E-state index contributed by atoms with van der Waals surface area (Å²) < 4.78 is 5.86. The molecule has 0 unspecified atom stereocenters. The molecule has 23 heavy (non-hydrogen) atoms. The molecule has 5 heteroatoms. The van der Waals surface area contributed by atoms with Crippen molar-refractivity contribution < 1.29 is 9.21 Å². The number of carbonyl (C=O) groups excluding carboxylic acids is 1. The number of aryl methyl sites for hydroxylation is 2. The zero-order valence-corrected chi connectivity index (χ0v) is 13.5. The summed E-state index contributed by atoms with van der Waals surface area (Å²) in [7, 11) is 0. The molecule has 1 saturated heterocycles. The van der Waals surface area contributed by atoms with E-state index in [0.717, 1.165) is 36.4 Å². The number of hydrogen-bond acceptors (Lipinski definition) is 4. The Morgan fingerprint density at radius 2 is 2.17 bits per heavy atom. The van der Waals surface area contributed by atoms with E-state index in [1.165, 1.54) is 0 Å². The van der Waals surface area contributed by atoms with Crippen LogP contribution in [0.4, 0.5) is 0 Å². The Morgan fingerprint density at radius 3 is 2.91 bits per heavy atom. The highest BCUT2D eigenvalue weighted by atomic mass is 16.4. The number of nitrogens with two attached hydrogens (primary N) is 1. The van der Waals surface area contributed by atoms with Crippen molar-refractivity contribution in [2.45, 2.75) is 38.6 Å². The summed E-state index contributed by atoms with van der Waals surface area (Å²) in [5.41, 5.74) is 7.60. The van der Waals surface area contributed by atoms with Gasteiger partial charge in [-0.25, -0.2) is 4.98 Å². The first-order valence-electron chi connectivity index (χ1n) is 8.20. The van der Waals surface area contributed by atoms with E-state index in [4.69, 9.17) is 10.2 Å². The molecule has 0 saturated carbocycles. The van der Waals surface area contributed by atoms with Gasteiger partial charge in [0.25, 0.3) is 0 Å². The first kappa shape index (κ1) is 15.7. The van der Waals surface area contributed by atoms with Crippen molar-refractivity contribution >= 4 is 5.91 Å². The molecule has 1 amide bonds. The van der Waals surface area contributed by atoms with Crippen LogP contribution in [0.2, 0.25) is 0 Å². The molecular weight excluding hydrogens is 290 g/mol. The minimum atomic E-state index is 0.148. The number of rotatable bonds is 5. The second kappa shape index (κ2) is 6.96. The molecule has 3 rings (SSSR count). The van der Waals surface area contributed by atoms with Crippen molar-refractivity contribution in [1.29, 1.82) is 0 Å². The fraction of sp³-hybridized carbons (Fsp3) is 0.444. The van der Waals surface area contributed by atoms with Crippen LogP contribution in [0.15, 0.2) is 34.7 Å². The third-order valence-electron chi connectivity index (χ3n) is 4.40. The molecule has 122 valence electrons. The van der Waals surface area contributed by atoms with E-state index in [9.17, 15) is 4.79 Å². The Balaban J connectivity index is 1.64. The van der Waals surface area contributed by atoms with Crippen LogP contribution in [0.5, 0.6) is 0 Å². The fourth-order valence-electron chi connectivity index (χ4n) is 3.18. The van der Waals surface area contributed by atoms with Gasteiger partial charge in [0.05, 0.1) is 5.69 Å². The third-order valence-corrected chi connectivity index (χ3v) is 4.40. The topological polar surface area (TPSA) is 72.4 Å². The van der Waals surface area contributed by atoms with Gasteiger partial charge in [0.1, 0.15) is 0 Å². The molecule has 1 aromatic carbocycles. The van der Waals surface area contributed by atoms with E-state index in [-0.39, 0.29) is 11.9 Å². The monoisotopic (exact) mass is 313 g/mol. The van der Waals surface area contributed by atoms with Gasteiger partial charge in [-0.3, -0.25) is 4.79 Å². The minimum absolute atomic E-state index is 0.148. The second-order valence-corrected chi connectivity index (χ2v) is 6.01. The van der Waals surface area contributed by atoms with E-state index in [1.807, 2.05) is 42.2 Å². The molecule has 5 nitrogen and oxygen atoms in total. The highest BCUT2D eigenvalue weighted by Gasteiger charge is 2.27. The largest absolute Gasteiger partial charge is 0.440 e. The van der Waals surface area contributed by atoms with E-state index < -0.39 is 0 Å². The lowest BCUT2D eigenvalue weighted by molar-refractivity contribution is -0.131. The number of oxazole rings is 1. The third kappa shape index (κ3) is 3.45. The molecule has 2 heterocycles. The highest BCUT2D eigenvalue weighted by Crippen LogP contribution is 2.25. The summed E-state index contributed by atoms with van der Waals surface area (Å²) in [5.74, 6) is 1.56. The van der Waals surface area contributed by atoms with Crippen molar-refractivity contribution in [2.24, 2.45) is 5.73 Å². The lowest BCUT2D eigenvalue weighted by Crippen LogP contribution is -2.40. The molecule has 2 aromatic rings. The van der Waals surface area contributed by atoms with Gasteiger partial charge in [-0.05, 0) is 19.8 Å². The second-order valence-electron chi connectivity index (χ2n) is 6.01. The van der Waals surface area contributed by atoms with E-state index in [1.54, 1.807) is 0 Å². The Labute approximate surface area is 136 Å². The molecule has 0 spiro atoms.